The van der Waals surface area contributed by atoms with Crippen LogP contribution < -0.4 is 5.73 Å². The molecule has 4 heteroatoms. The van der Waals surface area contributed by atoms with Crippen LogP contribution in [0, 0.1) is 0 Å². The summed E-state index contributed by atoms with van der Waals surface area (Å²) in [5.74, 6) is 0.101. The Bertz CT molecular complexity index is 546. The summed E-state index contributed by atoms with van der Waals surface area (Å²) in [5.41, 5.74) is 7.18. The van der Waals surface area contributed by atoms with Crippen LogP contribution in [0.25, 0.3) is 6.08 Å². The van der Waals surface area contributed by atoms with E-state index in [0.717, 1.165) is 5.56 Å². The Morgan fingerprint density at radius 3 is 2.29 bits per heavy atom. The lowest BCUT2D eigenvalue weighted by Crippen LogP contribution is -2.76. The van der Waals surface area contributed by atoms with Gasteiger partial charge >= 0.3 is 0 Å². The first-order chi connectivity index (χ1) is 9.66. The van der Waals surface area contributed by atoms with Crippen LogP contribution in [0.4, 0.5) is 0 Å². The number of hydrogen-bond donors (Lipinski definition) is 1. The highest BCUT2D eigenvalue weighted by molar-refractivity contribution is 6.80. The van der Waals surface area contributed by atoms with Gasteiger partial charge < -0.3 is 10.3 Å². The predicted molar refractivity (Wildman–Crippen MR) is 91.3 cm³/mol. The van der Waals surface area contributed by atoms with Crippen LogP contribution in [0.1, 0.15) is 26.3 Å². The fourth-order valence-electron chi connectivity index (χ4n) is 2.52. The topological polar surface area (TPSA) is 46.3 Å². The summed E-state index contributed by atoms with van der Waals surface area (Å²) in [7, 11) is -1.88. The standard InChI is InChI=1S/C17H26N2OSi/c1-17(2,3)21(4,5)19-14(15(18)16(19)20)12-11-13-9-7-6-8-10-13/h6-12,14-15H,18H2,1-5H3/t14-,15+/m1/s1. The molecule has 0 bridgehead atoms. The fourth-order valence-corrected chi connectivity index (χ4v) is 4.94. The van der Waals surface area contributed by atoms with Crippen LogP contribution >= 0.6 is 0 Å². The molecule has 1 aromatic carbocycles. The SMILES string of the molecule is CC(C)(C)[Si](C)(C)N1C(=O)[C@@H](N)[C@H]1C=Cc1ccccc1. The average Bonchev–Trinajstić information content (AvgIpc) is 2.41. The van der Waals surface area contributed by atoms with Gasteiger partial charge in [-0.3, -0.25) is 4.79 Å². The first-order valence-electron chi connectivity index (χ1n) is 7.48. The zero-order chi connectivity index (χ0) is 15.8. The number of nitrogens with zero attached hydrogens (tertiary/aromatic N) is 1. The first kappa shape index (κ1) is 16.0. The normalized spacial score (nSPS) is 23.5. The monoisotopic (exact) mass is 302 g/mol. The molecule has 1 saturated heterocycles. The highest BCUT2D eigenvalue weighted by atomic mass is 28.3. The molecule has 2 rings (SSSR count). The molecule has 2 N–H and O–H groups in total. The molecule has 0 radical (unpaired) electrons. The molecule has 1 fully saturated rings. The van der Waals surface area contributed by atoms with E-state index in [0.29, 0.717) is 0 Å². The highest BCUT2D eigenvalue weighted by Gasteiger charge is 2.55. The summed E-state index contributed by atoms with van der Waals surface area (Å²) in [6.07, 6.45) is 4.15. The molecule has 1 heterocycles. The number of hydrogen-bond acceptors (Lipinski definition) is 2. The van der Waals surface area contributed by atoms with E-state index >= 15 is 0 Å². The van der Waals surface area contributed by atoms with Crippen molar-refractivity contribution >= 4 is 20.2 Å². The lowest BCUT2D eigenvalue weighted by Gasteiger charge is -2.56. The molecule has 0 spiro atoms. The van der Waals surface area contributed by atoms with E-state index in [1.54, 1.807) is 0 Å². The fraction of sp³-hybridized carbons (Fsp3) is 0.471. The molecule has 1 amide bonds. The van der Waals surface area contributed by atoms with Crippen molar-refractivity contribution < 1.29 is 4.79 Å². The van der Waals surface area contributed by atoms with Crippen molar-refractivity contribution in [1.82, 2.24) is 4.57 Å². The summed E-state index contributed by atoms with van der Waals surface area (Å²) in [5, 5.41) is 0.127. The van der Waals surface area contributed by atoms with Gasteiger partial charge in [0, 0.05) is 0 Å². The Kier molecular flexibility index (Phi) is 4.13. The van der Waals surface area contributed by atoms with Gasteiger partial charge in [-0.15, -0.1) is 0 Å². The Balaban J connectivity index is 2.23. The number of carbonyl (C=O) groups is 1. The Morgan fingerprint density at radius 2 is 1.76 bits per heavy atom. The lowest BCUT2D eigenvalue weighted by atomic mass is 9.98. The second kappa shape index (κ2) is 5.43. The number of nitrogens with two attached hydrogens (primary N) is 1. The van der Waals surface area contributed by atoms with E-state index in [2.05, 4.69) is 62.7 Å². The van der Waals surface area contributed by atoms with Crippen LogP contribution in [0.5, 0.6) is 0 Å². The Labute approximate surface area is 128 Å². The number of carbonyl (C=O) groups excluding carboxylic acids is 1. The maximum absolute atomic E-state index is 12.3. The second-order valence-corrected chi connectivity index (χ2v) is 12.4. The third kappa shape index (κ3) is 2.83. The molecule has 0 unspecified atom stereocenters. The molecule has 1 aromatic rings. The lowest BCUT2D eigenvalue weighted by molar-refractivity contribution is -0.139. The minimum Gasteiger partial charge on any atom is -0.360 e. The van der Waals surface area contributed by atoms with Gasteiger partial charge in [-0.25, -0.2) is 0 Å². The zero-order valence-corrected chi connectivity index (χ0v) is 14.6. The van der Waals surface area contributed by atoms with Crippen molar-refractivity contribution in [2.24, 2.45) is 5.73 Å². The van der Waals surface area contributed by atoms with Gasteiger partial charge in [0.15, 0.2) is 8.24 Å². The smallest absolute Gasteiger partial charge is 0.234 e. The molecule has 3 nitrogen and oxygen atoms in total. The van der Waals surface area contributed by atoms with Crippen molar-refractivity contribution in [1.29, 1.82) is 0 Å². The maximum atomic E-state index is 12.3. The van der Waals surface area contributed by atoms with E-state index in [1.165, 1.54) is 0 Å². The van der Waals surface area contributed by atoms with Crippen molar-refractivity contribution in [2.75, 3.05) is 0 Å². The molecule has 0 aromatic heterocycles. The largest absolute Gasteiger partial charge is 0.360 e. The van der Waals surface area contributed by atoms with Crippen LogP contribution in [0.15, 0.2) is 36.4 Å². The van der Waals surface area contributed by atoms with E-state index in [-0.39, 0.29) is 23.0 Å². The van der Waals surface area contributed by atoms with Crippen LogP contribution in [0.3, 0.4) is 0 Å². The van der Waals surface area contributed by atoms with Gasteiger partial charge in [0.2, 0.25) is 5.91 Å². The van der Waals surface area contributed by atoms with Gasteiger partial charge in [0.05, 0.1) is 6.04 Å². The summed E-state index contributed by atoms with van der Waals surface area (Å²) in [6.45, 7) is 11.2. The highest BCUT2D eigenvalue weighted by Crippen LogP contribution is 2.42. The Morgan fingerprint density at radius 1 is 1.19 bits per heavy atom. The van der Waals surface area contributed by atoms with Crippen LogP contribution in [-0.4, -0.2) is 30.8 Å². The van der Waals surface area contributed by atoms with Gasteiger partial charge in [0.25, 0.3) is 0 Å². The van der Waals surface area contributed by atoms with E-state index in [9.17, 15) is 4.79 Å². The van der Waals surface area contributed by atoms with Crippen LogP contribution in [-0.2, 0) is 4.79 Å². The minimum atomic E-state index is -1.88. The summed E-state index contributed by atoms with van der Waals surface area (Å²) < 4.78 is 2.07. The molecular weight excluding hydrogens is 276 g/mol. The van der Waals surface area contributed by atoms with Crippen molar-refractivity contribution in [3.8, 4) is 0 Å². The molecule has 114 valence electrons. The van der Waals surface area contributed by atoms with Crippen molar-refractivity contribution in [3.05, 3.63) is 42.0 Å². The molecular formula is C17H26N2OSi. The molecule has 21 heavy (non-hydrogen) atoms. The third-order valence-electron chi connectivity index (χ3n) is 4.91. The second-order valence-electron chi connectivity index (χ2n) is 7.30. The maximum Gasteiger partial charge on any atom is 0.234 e. The van der Waals surface area contributed by atoms with Gasteiger partial charge in [-0.1, -0.05) is 76.3 Å². The number of benzene rings is 1. The summed E-state index contributed by atoms with van der Waals surface area (Å²) in [4.78, 5) is 12.3. The Hall–Kier alpha value is -1.39. The predicted octanol–water partition coefficient (Wildman–Crippen LogP) is 3.24. The van der Waals surface area contributed by atoms with E-state index in [4.69, 9.17) is 5.73 Å². The molecule has 1 aliphatic heterocycles. The third-order valence-corrected chi connectivity index (χ3v) is 10.3. The molecule has 2 atom stereocenters. The first-order valence-corrected chi connectivity index (χ1v) is 10.4. The summed E-state index contributed by atoms with van der Waals surface area (Å²) in [6, 6.07) is 9.77. The summed E-state index contributed by atoms with van der Waals surface area (Å²) >= 11 is 0. The van der Waals surface area contributed by atoms with Gasteiger partial charge in [0.1, 0.15) is 6.04 Å². The van der Waals surface area contributed by atoms with Crippen molar-refractivity contribution in [3.63, 3.8) is 0 Å². The van der Waals surface area contributed by atoms with Gasteiger partial charge in [-0.05, 0) is 10.6 Å². The number of β-lactam (4-membered cyclic amide) rings is 1. The van der Waals surface area contributed by atoms with Crippen molar-refractivity contribution in [2.45, 2.75) is 51.0 Å². The number of amides is 1. The number of rotatable bonds is 3. The molecule has 0 aliphatic carbocycles. The molecule has 0 saturated carbocycles. The van der Waals surface area contributed by atoms with E-state index < -0.39 is 8.24 Å². The quantitative estimate of drug-likeness (QED) is 0.688. The average molecular weight is 302 g/mol. The minimum absolute atomic E-state index is 0.0265. The zero-order valence-electron chi connectivity index (χ0n) is 13.6. The molecule has 1 aliphatic rings. The van der Waals surface area contributed by atoms with E-state index in [1.807, 2.05) is 18.2 Å². The van der Waals surface area contributed by atoms with Crippen LogP contribution in [0.2, 0.25) is 18.1 Å². The van der Waals surface area contributed by atoms with Gasteiger partial charge in [-0.2, -0.15) is 0 Å².